The maximum atomic E-state index is 12.2. The Hall–Kier alpha value is -0.660. The molecule has 3 nitrogen and oxygen atoms in total. The zero-order valence-corrected chi connectivity index (χ0v) is 14.5. The number of anilines is 1. The maximum Gasteiger partial charge on any atom is 0.258 e. The smallest absolute Gasteiger partial charge is 0.258 e. The zero-order chi connectivity index (χ0) is 14.9. The highest BCUT2D eigenvalue weighted by atomic mass is 79.9. The molecule has 0 aliphatic heterocycles. The van der Waals surface area contributed by atoms with Crippen molar-refractivity contribution >= 4 is 79.3 Å². The Kier molecular flexibility index (Phi) is 5.04. The van der Waals surface area contributed by atoms with Crippen LogP contribution in [0, 0.1) is 0 Å². The Bertz CT molecular complexity index is 703. The molecule has 8 heteroatoms. The number of halogens is 3. The summed E-state index contributed by atoms with van der Waals surface area (Å²) in [5.74, 6) is -0.363. The predicted octanol–water partition coefficient (Wildman–Crippen LogP) is 4.70. The molecule has 0 unspecified atom stereocenters. The van der Waals surface area contributed by atoms with Crippen LogP contribution in [0.1, 0.15) is 15.9 Å². The van der Waals surface area contributed by atoms with Crippen LogP contribution in [0.3, 0.4) is 0 Å². The van der Waals surface area contributed by atoms with E-state index in [2.05, 4.69) is 21.2 Å². The topological polar surface area (TPSA) is 55.1 Å². The fraction of sp³-hybridized carbons (Fsp3) is 0. The molecule has 1 aromatic heterocycles. The molecule has 3 N–H and O–H groups in total. The van der Waals surface area contributed by atoms with Crippen LogP contribution >= 0.6 is 62.7 Å². The first-order chi connectivity index (χ1) is 9.38. The molecule has 0 saturated heterocycles. The van der Waals surface area contributed by atoms with Gasteiger partial charge in [-0.3, -0.25) is 4.79 Å². The van der Waals surface area contributed by atoms with Crippen molar-refractivity contribution in [2.75, 3.05) is 5.32 Å². The van der Waals surface area contributed by atoms with E-state index in [1.807, 2.05) is 0 Å². The Morgan fingerprint density at radius 3 is 2.55 bits per heavy atom. The summed E-state index contributed by atoms with van der Waals surface area (Å²) in [4.78, 5) is 12.4. The summed E-state index contributed by atoms with van der Waals surface area (Å²) >= 11 is 21.2. The molecule has 0 aliphatic carbocycles. The number of thiophene rings is 1. The van der Waals surface area contributed by atoms with Crippen LogP contribution in [-0.4, -0.2) is 10.9 Å². The summed E-state index contributed by atoms with van der Waals surface area (Å²) in [6.45, 7) is 0. The molecule has 1 amide bonds. The van der Waals surface area contributed by atoms with E-state index in [1.165, 1.54) is 6.07 Å². The molecule has 1 heterocycles. The van der Waals surface area contributed by atoms with Crippen LogP contribution in [0.5, 0.6) is 0 Å². The minimum absolute atomic E-state index is 0.191. The van der Waals surface area contributed by atoms with E-state index in [9.17, 15) is 4.79 Å². The molecule has 0 radical (unpaired) electrons. The number of benzene rings is 1. The van der Waals surface area contributed by atoms with Gasteiger partial charge in [0.15, 0.2) is 0 Å². The number of nitrogens with two attached hydrogens (primary N) is 1. The molecule has 0 fully saturated rings. The van der Waals surface area contributed by atoms with Crippen molar-refractivity contribution in [3.8, 4) is 0 Å². The molecule has 0 atom stereocenters. The lowest BCUT2D eigenvalue weighted by atomic mass is 10.1. The van der Waals surface area contributed by atoms with E-state index in [0.717, 1.165) is 15.8 Å². The Morgan fingerprint density at radius 1 is 1.30 bits per heavy atom. The van der Waals surface area contributed by atoms with Crippen molar-refractivity contribution in [1.29, 1.82) is 0 Å². The van der Waals surface area contributed by atoms with Crippen LogP contribution in [0.2, 0.25) is 8.67 Å². The average Bonchev–Trinajstić information content (AvgIpc) is 2.70. The van der Waals surface area contributed by atoms with Crippen LogP contribution < -0.4 is 11.1 Å². The minimum Gasteiger partial charge on any atom is -0.389 e. The third kappa shape index (κ3) is 3.51. The van der Waals surface area contributed by atoms with Crippen LogP contribution in [0.15, 0.2) is 28.7 Å². The van der Waals surface area contributed by atoms with Crippen LogP contribution in [-0.2, 0) is 0 Å². The highest BCUT2D eigenvalue weighted by Gasteiger charge is 2.16. The number of nitrogens with one attached hydrogen (secondary N) is 1. The summed E-state index contributed by atoms with van der Waals surface area (Å²) in [7, 11) is 0. The molecule has 0 bridgehead atoms. The summed E-state index contributed by atoms with van der Waals surface area (Å²) in [6, 6.07) is 6.74. The molecular formula is C12H7BrCl2N2OS2. The SMILES string of the molecule is NC(=S)c1cc(Br)ccc1NC(=O)c1cc(Cl)sc1Cl. The third-order valence-electron chi connectivity index (χ3n) is 2.40. The Morgan fingerprint density at radius 2 is 2.00 bits per heavy atom. The van der Waals surface area contributed by atoms with E-state index in [1.54, 1.807) is 18.2 Å². The van der Waals surface area contributed by atoms with Gasteiger partial charge in [-0.15, -0.1) is 11.3 Å². The number of hydrogen-bond donors (Lipinski definition) is 2. The largest absolute Gasteiger partial charge is 0.389 e. The number of hydrogen-bond acceptors (Lipinski definition) is 3. The van der Waals surface area contributed by atoms with Gasteiger partial charge in [0.05, 0.1) is 15.6 Å². The molecule has 0 spiro atoms. The number of thiocarbonyl (C=S) groups is 1. The fourth-order valence-corrected chi connectivity index (χ4v) is 3.50. The van der Waals surface area contributed by atoms with Gasteiger partial charge in [0.25, 0.3) is 5.91 Å². The van der Waals surface area contributed by atoms with E-state index >= 15 is 0 Å². The second-order valence-corrected chi connectivity index (χ2v) is 7.39. The van der Waals surface area contributed by atoms with Crippen molar-refractivity contribution < 1.29 is 4.79 Å². The van der Waals surface area contributed by atoms with E-state index in [0.29, 0.717) is 25.5 Å². The molecule has 2 aromatic rings. The Balaban J connectivity index is 2.33. The number of amides is 1. The number of carbonyl (C=O) groups excluding carboxylic acids is 1. The van der Waals surface area contributed by atoms with Crippen molar-refractivity contribution in [2.45, 2.75) is 0 Å². The monoisotopic (exact) mass is 408 g/mol. The second kappa shape index (κ2) is 6.41. The molecule has 104 valence electrons. The van der Waals surface area contributed by atoms with Crippen molar-refractivity contribution in [3.05, 3.63) is 48.5 Å². The normalized spacial score (nSPS) is 10.3. The lowest BCUT2D eigenvalue weighted by Gasteiger charge is -2.10. The predicted molar refractivity (Wildman–Crippen MR) is 92.3 cm³/mol. The van der Waals surface area contributed by atoms with Gasteiger partial charge in [0.1, 0.15) is 9.32 Å². The summed E-state index contributed by atoms with van der Waals surface area (Å²) in [6.07, 6.45) is 0. The first-order valence-electron chi connectivity index (χ1n) is 5.24. The van der Waals surface area contributed by atoms with E-state index in [4.69, 9.17) is 41.2 Å². The number of carbonyl (C=O) groups is 1. The summed E-state index contributed by atoms with van der Waals surface area (Å²) < 4.78 is 1.60. The first-order valence-corrected chi connectivity index (χ1v) is 8.01. The van der Waals surface area contributed by atoms with Gasteiger partial charge >= 0.3 is 0 Å². The van der Waals surface area contributed by atoms with Gasteiger partial charge in [-0.1, -0.05) is 51.3 Å². The van der Waals surface area contributed by atoms with Gasteiger partial charge in [-0.25, -0.2) is 0 Å². The summed E-state index contributed by atoms with van der Waals surface area (Å²) in [5.41, 5.74) is 7.05. The zero-order valence-electron chi connectivity index (χ0n) is 9.75. The first kappa shape index (κ1) is 15.7. The maximum absolute atomic E-state index is 12.2. The van der Waals surface area contributed by atoms with Crippen molar-refractivity contribution in [1.82, 2.24) is 0 Å². The lowest BCUT2D eigenvalue weighted by molar-refractivity contribution is 0.102. The molecular weight excluding hydrogens is 403 g/mol. The molecule has 20 heavy (non-hydrogen) atoms. The van der Waals surface area contributed by atoms with Gasteiger partial charge in [-0.05, 0) is 24.3 Å². The van der Waals surface area contributed by atoms with E-state index in [-0.39, 0.29) is 10.9 Å². The highest BCUT2D eigenvalue weighted by molar-refractivity contribution is 9.10. The standard InChI is InChI=1S/C12H7BrCl2N2OS2/c13-5-1-2-8(6(3-5)11(16)19)17-12(18)7-4-9(14)20-10(7)15/h1-4H,(H2,16,19)(H,17,18). The van der Waals surface area contributed by atoms with E-state index < -0.39 is 0 Å². The number of rotatable bonds is 3. The Labute approximate surface area is 143 Å². The second-order valence-electron chi connectivity index (χ2n) is 3.75. The third-order valence-corrected chi connectivity index (χ3v) is 4.60. The van der Waals surface area contributed by atoms with Gasteiger partial charge in [0.2, 0.25) is 0 Å². The fourth-order valence-electron chi connectivity index (χ4n) is 1.51. The van der Waals surface area contributed by atoms with Crippen molar-refractivity contribution in [2.24, 2.45) is 5.73 Å². The summed E-state index contributed by atoms with van der Waals surface area (Å²) in [5, 5.41) is 2.73. The lowest BCUT2D eigenvalue weighted by Crippen LogP contribution is -2.17. The quantitative estimate of drug-likeness (QED) is 0.722. The molecule has 2 rings (SSSR count). The molecule has 0 saturated carbocycles. The van der Waals surface area contributed by atoms with Gasteiger partial charge in [0, 0.05) is 10.0 Å². The van der Waals surface area contributed by atoms with Crippen LogP contribution in [0.4, 0.5) is 5.69 Å². The molecule has 0 aliphatic rings. The van der Waals surface area contributed by atoms with Gasteiger partial charge in [-0.2, -0.15) is 0 Å². The molecule has 1 aromatic carbocycles. The minimum atomic E-state index is -0.363. The van der Waals surface area contributed by atoms with Crippen molar-refractivity contribution in [3.63, 3.8) is 0 Å². The van der Waals surface area contributed by atoms with Gasteiger partial charge < -0.3 is 11.1 Å². The van der Waals surface area contributed by atoms with Crippen LogP contribution in [0.25, 0.3) is 0 Å². The average molecular weight is 410 g/mol. The highest BCUT2D eigenvalue weighted by Crippen LogP contribution is 2.32.